The van der Waals surface area contributed by atoms with E-state index in [0.717, 1.165) is 37.3 Å². The van der Waals surface area contributed by atoms with Gasteiger partial charge in [-0.25, -0.2) is 0 Å². The molecule has 0 bridgehead atoms. The standard InChI is InChI=1S/C17H27N3O/c1-14-9-11-20(12-10-14)17(18-3)19-13-15(2)21-16-7-5-4-6-8-16/h4-8,14-15H,9-13H2,1-3H3,(H,18,19). The number of aliphatic imine (C=N–C) groups is 1. The van der Waals surface area contributed by atoms with E-state index in [1.54, 1.807) is 0 Å². The normalized spacial score (nSPS) is 18.4. The summed E-state index contributed by atoms with van der Waals surface area (Å²) in [6, 6.07) is 9.94. The summed E-state index contributed by atoms with van der Waals surface area (Å²) in [6.45, 7) is 7.34. The van der Waals surface area contributed by atoms with E-state index in [4.69, 9.17) is 4.74 Å². The van der Waals surface area contributed by atoms with Crippen molar-refractivity contribution in [3.63, 3.8) is 0 Å². The fourth-order valence-electron chi connectivity index (χ4n) is 2.56. The van der Waals surface area contributed by atoms with Gasteiger partial charge in [0.2, 0.25) is 0 Å². The summed E-state index contributed by atoms with van der Waals surface area (Å²) in [4.78, 5) is 6.73. The lowest BCUT2D eigenvalue weighted by atomic mass is 10.00. The van der Waals surface area contributed by atoms with Gasteiger partial charge in [-0.3, -0.25) is 4.99 Å². The first-order valence-electron chi connectivity index (χ1n) is 7.86. The van der Waals surface area contributed by atoms with Crippen LogP contribution in [0, 0.1) is 5.92 Å². The molecule has 1 N–H and O–H groups in total. The highest BCUT2D eigenvalue weighted by molar-refractivity contribution is 5.79. The zero-order chi connectivity index (χ0) is 15.1. The molecule has 4 nitrogen and oxygen atoms in total. The van der Waals surface area contributed by atoms with Crippen molar-refractivity contribution >= 4 is 5.96 Å². The van der Waals surface area contributed by atoms with Crippen LogP contribution in [0.1, 0.15) is 26.7 Å². The van der Waals surface area contributed by atoms with Gasteiger partial charge in [-0.2, -0.15) is 0 Å². The molecule has 0 aliphatic carbocycles. The van der Waals surface area contributed by atoms with Crippen molar-refractivity contribution in [2.24, 2.45) is 10.9 Å². The van der Waals surface area contributed by atoms with Crippen LogP contribution in [0.2, 0.25) is 0 Å². The maximum Gasteiger partial charge on any atom is 0.193 e. The molecule has 0 radical (unpaired) electrons. The molecule has 1 aromatic rings. The molecule has 1 aliphatic rings. The minimum Gasteiger partial charge on any atom is -0.489 e. The average Bonchev–Trinajstić information content (AvgIpc) is 2.50. The lowest BCUT2D eigenvalue weighted by Gasteiger charge is -2.33. The van der Waals surface area contributed by atoms with Gasteiger partial charge in [0.05, 0.1) is 6.54 Å². The number of rotatable bonds is 4. The third-order valence-corrected chi connectivity index (χ3v) is 3.92. The molecule has 1 atom stereocenters. The monoisotopic (exact) mass is 289 g/mol. The summed E-state index contributed by atoms with van der Waals surface area (Å²) < 4.78 is 5.88. The number of likely N-dealkylation sites (tertiary alicyclic amines) is 1. The molecule has 116 valence electrons. The summed E-state index contributed by atoms with van der Waals surface area (Å²) in [7, 11) is 1.85. The Morgan fingerprint density at radius 2 is 2.00 bits per heavy atom. The van der Waals surface area contributed by atoms with Crippen LogP contribution in [0.3, 0.4) is 0 Å². The van der Waals surface area contributed by atoms with Crippen LogP contribution in [0.4, 0.5) is 0 Å². The number of guanidine groups is 1. The van der Waals surface area contributed by atoms with E-state index in [2.05, 4.69) is 29.1 Å². The van der Waals surface area contributed by atoms with Crippen molar-refractivity contribution in [1.82, 2.24) is 10.2 Å². The van der Waals surface area contributed by atoms with Crippen molar-refractivity contribution in [2.75, 3.05) is 26.7 Å². The van der Waals surface area contributed by atoms with Crippen molar-refractivity contribution in [3.05, 3.63) is 30.3 Å². The van der Waals surface area contributed by atoms with Crippen molar-refractivity contribution in [3.8, 4) is 5.75 Å². The van der Waals surface area contributed by atoms with Gasteiger partial charge in [0.1, 0.15) is 11.9 Å². The number of piperidine rings is 1. The summed E-state index contributed by atoms with van der Waals surface area (Å²) in [5.74, 6) is 2.73. The third kappa shape index (κ3) is 4.96. The first-order valence-corrected chi connectivity index (χ1v) is 7.86. The van der Waals surface area contributed by atoms with E-state index >= 15 is 0 Å². The van der Waals surface area contributed by atoms with Crippen LogP contribution in [-0.2, 0) is 0 Å². The lowest BCUT2D eigenvalue weighted by molar-refractivity contribution is 0.218. The van der Waals surface area contributed by atoms with Crippen molar-refractivity contribution < 1.29 is 4.74 Å². The smallest absolute Gasteiger partial charge is 0.193 e. The second-order valence-electron chi connectivity index (χ2n) is 5.84. The van der Waals surface area contributed by atoms with Crippen molar-refractivity contribution in [1.29, 1.82) is 0 Å². The Bertz CT molecular complexity index is 439. The Labute approximate surface area is 128 Å². The summed E-state index contributed by atoms with van der Waals surface area (Å²) in [5, 5.41) is 3.42. The summed E-state index contributed by atoms with van der Waals surface area (Å²) in [5.41, 5.74) is 0. The highest BCUT2D eigenvalue weighted by atomic mass is 16.5. The molecule has 1 aromatic carbocycles. The Balaban J connectivity index is 1.77. The molecule has 1 aliphatic heterocycles. The number of para-hydroxylation sites is 1. The zero-order valence-corrected chi connectivity index (χ0v) is 13.4. The molecule has 0 aromatic heterocycles. The molecular weight excluding hydrogens is 262 g/mol. The third-order valence-electron chi connectivity index (χ3n) is 3.92. The van der Waals surface area contributed by atoms with Crippen molar-refractivity contribution in [2.45, 2.75) is 32.8 Å². The first kappa shape index (κ1) is 15.7. The van der Waals surface area contributed by atoms with Gasteiger partial charge in [0.25, 0.3) is 0 Å². The Morgan fingerprint density at radius 3 is 2.62 bits per heavy atom. The number of nitrogens with zero attached hydrogens (tertiary/aromatic N) is 2. The highest BCUT2D eigenvalue weighted by Gasteiger charge is 2.18. The second kappa shape index (κ2) is 7.91. The van der Waals surface area contributed by atoms with E-state index in [1.807, 2.05) is 37.4 Å². The fourth-order valence-corrected chi connectivity index (χ4v) is 2.56. The molecule has 1 saturated heterocycles. The summed E-state index contributed by atoms with van der Waals surface area (Å²) in [6.07, 6.45) is 2.60. The summed E-state index contributed by atoms with van der Waals surface area (Å²) >= 11 is 0. The minimum absolute atomic E-state index is 0.105. The zero-order valence-electron chi connectivity index (χ0n) is 13.4. The van der Waals surface area contributed by atoms with Crippen LogP contribution < -0.4 is 10.1 Å². The Morgan fingerprint density at radius 1 is 1.33 bits per heavy atom. The second-order valence-corrected chi connectivity index (χ2v) is 5.84. The van der Waals surface area contributed by atoms with Gasteiger partial charge >= 0.3 is 0 Å². The molecule has 0 saturated carbocycles. The highest BCUT2D eigenvalue weighted by Crippen LogP contribution is 2.16. The number of ether oxygens (including phenoxy) is 1. The van der Waals surface area contributed by atoms with Crippen LogP contribution in [0.15, 0.2) is 35.3 Å². The van der Waals surface area contributed by atoms with Crippen LogP contribution in [-0.4, -0.2) is 43.6 Å². The van der Waals surface area contributed by atoms with E-state index in [1.165, 1.54) is 12.8 Å². The van der Waals surface area contributed by atoms with Gasteiger partial charge in [0, 0.05) is 20.1 Å². The lowest BCUT2D eigenvalue weighted by Crippen LogP contribution is -2.47. The number of nitrogens with one attached hydrogen (secondary N) is 1. The fraction of sp³-hybridized carbons (Fsp3) is 0.588. The maximum absolute atomic E-state index is 5.88. The molecule has 21 heavy (non-hydrogen) atoms. The molecule has 0 amide bonds. The number of benzene rings is 1. The van der Waals surface area contributed by atoms with Crippen LogP contribution >= 0.6 is 0 Å². The number of hydrogen-bond acceptors (Lipinski definition) is 2. The Hall–Kier alpha value is -1.71. The van der Waals surface area contributed by atoms with E-state index in [-0.39, 0.29) is 6.10 Å². The molecular formula is C17H27N3O. The van der Waals surface area contributed by atoms with Gasteiger partial charge < -0.3 is 15.0 Å². The first-order chi connectivity index (χ1) is 10.2. The van der Waals surface area contributed by atoms with Gasteiger partial charge in [-0.1, -0.05) is 25.1 Å². The SMILES string of the molecule is CN=C(NCC(C)Oc1ccccc1)N1CCC(C)CC1. The van der Waals surface area contributed by atoms with Crippen LogP contribution in [0.25, 0.3) is 0 Å². The Kier molecular flexibility index (Phi) is 5.90. The molecule has 1 heterocycles. The molecule has 0 spiro atoms. The topological polar surface area (TPSA) is 36.9 Å². The quantitative estimate of drug-likeness (QED) is 0.684. The molecule has 1 fully saturated rings. The van der Waals surface area contributed by atoms with Gasteiger partial charge in [0.15, 0.2) is 5.96 Å². The van der Waals surface area contributed by atoms with Gasteiger partial charge in [-0.05, 0) is 37.8 Å². The van der Waals surface area contributed by atoms with E-state index in [9.17, 15) is 0 Å². The predicted octanol–water partition coefficient (Wildman–Crippen LogP) is 2.76. The largest absolute Gasteiger partial charge is 0.489 e. The van der Waals surface area contributed by atoms with E-state index < -0.39 is 0 Å². The molecule has 4 heteroatoms. The molecule has 1 unspecified atom stereocenters. The number of hydrogen-bond donors (Lipinski definition) is 1. The van der Waals surface area contributed by atoms with E-state index in [0.29, 0.717) is 0 Å². The maximum atomic E-state index is 5.88. The van der Waals surface area contributed by atoms with Gasteiger partial charge in [-0.15, -0.1) is 0 Å². The molecule has 2 rings (SSSR count). The predicted molar refractivity (Wildman–Crippen MR) is 87.9 cm³/mol. The minimum atomic E-state index is 0.105. The average molecular weight is 289 g/mol. The van der Waals surface area contributed by atoms with Crippen LogP contribution in [0.5, 0.6) is 5.75 Å².